The van der Waals surface area contributed by atoms with E-state index in [0.717, 1.165) is 55.4 Å². The summed E-state index contributed by atoms with van der Waals surface area (Å²) in [5.74, 6) is 0.724. The third-order valence-electron chi connectivity index (χ3n) is 11.6. The molecular formula is C58H38N2. The van der Waals surface area contributed by atoms with Gasteiger partial charge in [0, 0.05) is 21.9 Å². The summed E-state index contributed by atoms with van der Waals surface area (Å²) in [6.07, 6.45) is 0. The molecule has 0 atom stereocenters. The highest BCUT2D eigenvalue weighted by Crippen LogP contribution is 2.37. The molecule has 2 heteroatoms. The van der Waals surface area contributed by atoms with Crippen molar-refractivity contribution >= 4 is 32.4 Å². The van der Waals surface area contributed by atoms with Gasteiger partial charge in [-0.05, 0) is 114 Å². The zero-order chi connectivity index (χ0) is 39.8. The molecule has 1 heterocycles. The van der Waals surface area contributed by atoms with Gasteiger partial charge >= 0.3 is 0 Å². The van der Waals surface area contributed by atoms with Gasteiger partial charge in [-0.2, -0.15) is 0 Å². The molecular weight excluding hydrogens is 725 g/mol. The van der Waals surface area contributed by atoms with Crippen molar-refractivity contribution in [2.75, 3.05) is 0 Å². The van der Waals surface area contributed by atoms with Crippen molar-refractivity contribution in [2.24, 2.45) is 0 Å². The molecule has 0 aliphatic carbocycles. The molecule has 0 radical (unpaired) electrons. The zero-order valence-electron chi connectivity index (χ0n) is 32.8. The summed E-state index contributed by atoms with van der Waals surface area (Å²) < 4.78 is 0. The minimum absolute atomic E-state index is 0.724. The first-order valence-corrected chi connectivity index (χ1v) is 20.5. The van der Waals surface area contributed by atoms with Crippen molar-refractivity contribution in [2.45, 2.75) is 0 Å². The number of aromatic nitrogens is 2. The van der Waals surface area contributed by atoms with Gasteiger partial charge < -0.3 is 0 Å². The summed E-state index contributed by atoms with van der Waals surface area (Å²) in [7, 11) is 0. The summed E-state index contributed by atoms with van der Waals surface area (Å²) in [6, 6.07) is 82.6. The molecule has 0 aliphatic rings. The van der Waals surface area contributed by atoms with E-state index in [9.17, 15) is 0 Å². The summed E-state index contributed by atoms with van der Waals surface area (Å²) in [5, 5.41) is 5.70. The highest BCUT2D eigenvalue weighted by atomic mass is 14.9. The van der Waals surface area contributed by atoms with Crippen LogP contribution in [0.1, 0.15) is 0 Å². The minimum Gasteiger partial charge on any atom is -0.227 e. The molecule has 0 saturated heterocycles. The molecule has 0 saturated carbocycles. The number of fused-ring (bicyclic) bond motifs is 4. The predicted octanol–water partition coefficient (Wildman–Crippen LogP) is 15.6. The van der Waals surface area contributed by atoms with E-state index in [4.69, 9.17) is 9.97 Å². The second-order valence-corrected chi connectivity index (χ2v) is 15.4. The molecule has 60 heavy (non-hydrogen) atoms. The first-order valence-electron chi connectivity index (χ1n) is 20.5. The summed E-state index contributed by atoms with van der Waals surface area (Å²) in [5.41, 5.74) is 15.8. The Bertz CT molecular complexity index is 3290. The maximum atomic E-state index is 5.28. The number of rotatable bonds is 7. The molecule has 2 nitrogen and oxygen atoms in total. The molecule has 1 aromatic heterocycles. The lowest BCUT2D eigenvalue weighted by Gasteiger charge is -2.13. The van der Waals surface area contributed by atoms with E-state index in [1.54, 1.807) is 0 Å². The van der Waals surface area contributed by atoms with Crippen molar-refractivity contribution < 1.29 is 0 Å². The van der Waals surface area contributed by atoms with Gasteiger partial charge in [-0.15, -0.1) is 0 Å². The Kier molecular flexibility index (Phi) is 8.87. The quantitative estimate of drug-likeness (QED) is 0.151. The Morgan fingerprint density at radius 2 is 0.650 bits per heavy atom. The van der Waals surface area contributed by atoms with Crippen LogP contribution in [0.3, 0.4) is 0 Å². The van der Waals surface area contributed by atoms with Gasteiger partial charge in [0.2, 0.25) is 0 Å². The van der Waals surface area contributed by atoms with Crippen LogP contribution in [-0.2, 0) is 0 Å². The molecule has 11 aromatic rings. The Hall–Kier alpha value is -7.94. The van der Waals surface area contributed by atoms with Gasteiger partial charge in [-0.3, -0.25) is 0 Å². The van der Waals surface area contributed by atoms with Gasteiger partial charge in [0.05, 0.1) is 11.2 Å². The monoisotopic (exact) mass is 762 g/mol. The van der Waals surface area contributed by atoms with E-state index < -0.39 is 0 Å². The van der Waals surface area contributed by atoms with Gasteiger partial charge in [0.25, 0.3) is 0 Å². The molecule has 0 amide bonds. The van der Waals surface area contributed by atoms with Crippen LogP contribution in [0.4, 0.5) is 0 Å². The predicted molar refractivity (Wildman–Crippen MR) is 253 cm³/mol. The lowest BCUT2D eigenvalue weighted by atomic mass is 9.91. The van der Waals surface area contributed by atoms with Crippen molar-refractivity contribution in [3.8, 4) is 78.3 Å². The van der Waals surface area contributed by atoms with Crippen LogP contribution in [0.2, 0.25) is 0 Å². The van der Waals surface area contributed by atoms with Crippen LogP contribution in [0.25, 0.3) is 111 Å². The van der Waals surface area contributed by atoms with Crippen molar-refractivity contribution in [3.63, 3.8) is 0 Å². The number of hydrogen-bond acceptors (Lipinski definition) is 2. The van der Waals surface area contributed by atoms with E-state index in [2.05, 4.69) is 231 Å². The molecule has 0 N–H and O–H groups in total. The standard InChI is InChI=1S/C58H38N2/c1-3-13-39(14-4-1)51-36-52(40-15-5-2-6-16-40)38-53(37-51)49-23-12-22-48(34-49)47-21-11-20-46(33-47)42-25-28-44(29-26-42)56-55-32-31-43-18-9-10-24-54(43)57(55)60-58(59-56)50-30-27-41-17-7-8-19-45(41)35-50/h1-38H. The summed E-state index contributed by atoms with van der Waals surface area (Å²) >= 11 is 0. The summed E-state index contributed by atoms with van der Waals surface area (Å²) in [4.78, 5) is 10.5. The van der Waals surface area contributed by atoms with Crippen molar-refractivity contribution in [1.82, 2.24) is 9.97 Å². The Labute approximate surface area is 349 Å². The Morgan fingerprint density at radius 3 is 1.30 bits per heavy atom. The second-order valence-electron chi connectivity index (χ2n) is 15.4. The molecule has 0 spiro atoms. The molecule has 0 aliphatic heterocycles. The number of benzene rings is 10. The minimum atomic E-state index is 0.724. The van der Waals surface area contributed by atoms with E-state index in [1.165, 1.54) is 55.3 Å². The van der Waals surface area contributed by atoms with Crippen LogP contribution >= 0.6 is 0 Å². The van der Waals surface area contributed by atoms with E-state index in [0.29, 0.717) is 0 Å². The summed E-state index contributed by atoms with van der Waals surface area (Å²) in [6.45, 7) is 0. The van der Waals surface area contributed by atoms with Gasteiger partial charge in [0.1, 0.15) is 0 Å². The fourth-order valence-corrected chi connectivity index (χ4v) is 8.51. The van der Waals surface area contributed by atoms with E-state index in [-0.39, 0.29) is 0 Å². The Morgan fingerprint density at radius 1 is 0.217 bits per heavy atom. The molecule has 10 aromatic carbocycles. The first kappa shape index (κ1) is 35.2. The molecule has 11 rings (SSSR count). The average molecular weight is 763 g/mol. The third-order valence-corrected chi connectivity index (χ3v) is 11.6. The molecule has 0 fully saturated rings. The first-order chi connectivity index (χ1) is 29.7. The fraction of sp³-hybridized carbons (Fsp3) is 0. The third kappa shape index (κ3) is 6.70. The molecule has 0 bridgehead atoms. The Balaban J connectivity index is 0.954. The van der Waals surface area contributed by atoms with Crippen LogP contribution in [0.5, 0.6) is 0 Å². The number of nitrogens with zero attached hydrogens (tertiary/aromatic N) is 2. The zero-order valence-corrected chi connectivity index (χ0v) is 32.8. The highest BCUT2D eigenvalue weighted by Gasteiger charge is 2.15. The van der Waals surface area contributed by atoms with E-state index >= 15 is 0 Å². The van der Waals surface area contributed by atoms with Crippen molar-refractivity contribution in [3.05, 3.63) is 231 Å². The number of hydrogen-bond donors (Lipinski definition) is 0. The second kappa shape index (κ2) is 15.1. The maximum Gasteiger partial charge on any atom is 0.160 e. The van der Waals surface area contributed by atoms with Crippen LogP contribution < -0.4 is 0 Å². The van der Waals surface area contributed by atoms with Gasteiger partial charge in [0.15, 0.2) is 5.82 Å². The largest absolute Gasteiger partial charge is 0.227 e. The fourth-order valence-electron chi connectivity index (χ4n) is 8.51. The van der Waals surface area contributed by atoms with Crippen LogP contribution in [0.15, 0.2) is 231 Å². The van der Waals surface area contributed by atoms with Crippen molar-refractivity contribution in [1.29, 1.82) is 0 Å². The molecule has 0 unspecified atom stereocenters. The smallest absolute Gasteiger partial charge is 0.160 e. The van der Waals surface area contributed by atoms with Gasteiger partial charge in [-0.1, -0.05) is 188 Å². The van der Waals surface area contributed by atoms with E-state index in [1.807, 2.05) is 0 Å². The van der Waals surface area contributed by atoms with Gasteiger partial charge in [-0.25, -0.2) is 9.97 Å². The lowest BCUT2D eigenvalue weighted by molar-refractivity contribution is 1.24. The normalized spacial score (nSPS) is 11.3. The van der Waals surface area contributed by atoms with Crippen LogP contribution in [0, 0.1) is 0 Å². The van der Waals surface area contributed by atoms with Crippen LogP contribution in [-0.4, -0.2) is 9.97 Å². The highest BCUT2D eigenvalue weighted by molar-refractivity contribution is 6.10. The topological polar surface area (TPSA) is 25.8 Å². The SMILES string of the molecule is c1ccc(-c2cc(-c3ccccc3)cc(-c3cccc(-c4cccc(-c5ccc(-c6nc(-c7ccc8ccccc8c7)nc7c6ccc6ccccc67)cc5)c4)c3)c2)cc1. The molecule has 280 valence electrons. The average Bonchev–Trinajstić information content (AvgIpc) is 3.34. The maximum absolute atomic E-state index is 5.28. The lowest BCUT2D eigenvalue weighted by Crippen LogP contribution is -1.96.